The van der Waals surface area contributed by atoms with Gasteiger partial charge in [-0.25, -0.2) is 0 Å². The van der Waals surface area contributed by atoms with E-state index in [2.05, 4.69) is 28.9 Å². The van der Waals surface area contributed by atoms with Gasteiger partial charge < -0.3 is 0 Å². The van der Waals surface area contributed by atoms with E-state index in [1.807, 2.05) is 42.5 Å². The predicted octanol–water partition coefficient (Wildman–Crippen LogP) is 5.38. The first-order chi connectivity index (χ1) is 9.69. The molecule has 0 amide bonds. The van der Waals surface area contributed by atoms with Gasteiger partial charge in [-0.15, -0.1) is 11.8 Å². The van der Waals surface area contributed by atoms with Gasteiger partial charge in [0.1, 0.15) is 0 Å². The average molecular weight is 349 g/mol. The molecule has 0 spiro atoms. The van der Waals surface area contributed by atoms with Crippen molar-refractivity contribution < 1.29 is 4.79 Å². The van der Waals surface area contributed by atoms with E-state index in [1.54, 1.807) is 11.8 Å². The minimum Gasteiger partial charge on any atom is -0.293 e. The van der Waals surface area contributed by atoms with Crippen LogP contribution in [-0.2, 0) is 6.42 Å². The number of carbonyl (C=O) groups is 1. The number of halogens is 1. The lowest BCUT2D eigenvalue weighted by atomic mass is 10.1. The minimum absolute atomic E-state index is 0.191. The molecule has 0 aliphatic rings. The number of ketones is 1. The number of benzene rings is 2. The van der Waals surface area contributed by atoms with Crippen LogP contribution >= 0.6 is 27.7 Å². The zero-order valence-electron chi connectivity index (χ0n) is 11.4. The van der Waals surface area contributed by atoms with E-state index in [0.717, 1.165) is 27.8 Å². The molecule has 2 rings (SSSR count). The van der Waals surface area contributed by atoms with Crippen molar-refractivity contribution >= 4 is 33.5 Å². The van der Waals surface area contributed by atoms with Crippen LogP contribution < -0.4 is 0 Å². The fraction of sp³-hybridized carbons (Fsp3) is 0.235. The van der Waals surface area contributed by atoms with E-state index in [9.17, 15) is 4.79 Å². The summed E-state index contributed by atoms with van der Waals surface area (Å²) in [4.78, 5) is 13.3. The van der Waals surface area contributed by atoms with Gasteiger partial charge in [0.15, 0.2) is 5.78 Å². The van der Waals surface area contributed by atoms with Crippen molar-refractivity contribution in [2.75, 3.05) is 5.75 Å². The number of thioether (sulfide) groups is 1. The van der Waals surface area contributed by atoms with Crippen LogP contribution in [0.3, 0.4) is 0 Å². The molecule has 3 heteroatoms. The van der Waals surface area contributed by atoms with Crippen molar-refractivity contribution in [3.63, 3.8) is 0 Å². The van der Waals surface area contributed by atoms with E-state index >= 15 is 0 Å². The molecule has 0 atom stereocenters. The second-order valence-corrected chi connectivity index (χ2v) is 6.58. The zero-order chi connectivity index (χ0) is 14.4. The van der Waals surface area contributed by atoms with Crippen LogP contribution in [0.5, 0.6) is 0 Å². The predicted molar refractivity (Wildman–Crippen MR) is 89.6 cm³/mol. The lowest BCUT2D eigenvalue weighted by Gasteiger charge is -2.04. The second-order valence-electron chi connectivity index (χ2n) is 4.62. The Bertz CT molecular complexity index is 578. The van der Waals surface area contributed by atoms with E-state index in [-0.39, 0.29) is 5.78 Å². The van der Waals surface area contributed by atoms with Crippen LogP contribution in [0.1, 0.15) is 29.3 Å². The van der Waals surface area contributed by atoms with Crippen molar-refractivity contribution in [2.24, 2.45) is 0 Å². The van der Waals surface area contributed by atoms with Crippen LogP contribution in [-0.4, -0.2) is 11.5 Å². The average Bonchev–Trinajstić information content (AvgIpc) is 2.47. The summed E-state index contributed by atoms with van der Waals surface area (Å²) >= 11 is 4.99. The summed E-state index contributed by atoms with van der Waals surface area (Å²) in [6.45, 7) is 2.15. The first-order valence-electron chi connectivity index (χ1n) is 6.69. The van der Waals surface area contributed by atoms with E-state index in [1.165, 1.54) is 5.56 Å². The Hall–Kier alpha value is -1.06. The number of hydrogen-bond donors (Lipinski definition) is 0. The van der Waals surface area contributed by atoms with Gasteiger partial charge in [-0.1, -0.05) is 47.5 Å². The van der Waals surface area contributed by atoms with Gasteiger partial charge in [0.2, 0.25) is 0 Å². The van der Waals surface area contributed by atoms with Crippen LogP contribution in [0.25, 0.3) is 0 Å². The topological polar surface area (TPSA) is 17.1 Å². The SMILES string of the molecule is CCCc1cccc(C(=O)CSc2ccc(Br)cc2)c1. The first kappa shape index (κ1) is 15.3. The molecule has 2 aromatic carbocycles. The molecule has 0 N–H and O–H groups in total. The van der Waals surface area contributed by atoms with Crippen molar-refractivity contribution in [3.8, 4) is 0 Å². The molecule has 104 valence electrons. The highest BCUT2D eigenvalue weighted by Crippen LogP contribution is 2.22. The van der Waals surface area contributed by atoms with Gasteiger partial charge in [0.25, 0.3) is 0 Å². The molecule has 20 heavy (non-hydrogen) atoms. The highest BCUT2D eigenvalue weighted by molar-refractivity contribution is 9.10. The fourth-order valence-corrected chi connectivity index (χ4v) is 3.01. The summed E-state index contributed by atoms with van der Waals surface area (Å²) in [7, 11) is 0. The molecule has 0 saturated carbocycles. The smallest absolute Gasteiger partial charge is 0.173 e. The number of hydrogen-bond acceptors (Lipinski definition) is 2. The monoisotopic (exact) mass is 348 g/mol. The Morgan fingerprint density at radius 1 is 1.15 bits per heavy atom. The van der Waals surface area contributed by atoms with Crippen LogP contribution in [0.2, 0.25) is 0 Å². The highest BCUT2D eigenvalue weighted by Gasteiger charge is 2.07. The summed E-state index contributed by atoms with van der Waals surface area (Å²) in [6, 6.07) is 16.0. The fourth-order valence-electron chi connectivity index (χ4n) is 1.95. The third-order valence-electron chi connectivity index (χ3n) is 2.97. The normalized spacial score (nSPS) is 10.5. The molecule has 2 aromatic rings. The van der Waals surface area contributed by atoms with Crippen LogP contribution in [0.15, 0.2) is 57.9 Å². The van der Waals surface area contributed by atoms with E-state index < -0.39 is 0 Å². The van der Waals surface area contributed by atoms with Crippen molar-refractivity contribution in [1.82, 2.24) is 0 Å². The molecule has 1 nitrogen and oxygen atoms in total. The molecule has 0 heterocycles. The maximum absolute atomic E-state index is 12.2. The van der Waals surface area contributed by atoms with Gasteiger partial charge >= 0.3 is 0 Å². The lowest BCUT2D eigenvalue weighted by molar-refractivity contribution is 0.102. The van der Waals surface area contributed by atoms with Gasteiger partial charge in [0.05, 0.1) is 5.75 Å². The maximum Gasteiger partial charge on any atom is 0.173 e. The number of aryl methyl sites for hydroxylation is 1. The third kappa shape index (κ3) is 4.50. The van der Waals surface area contributed by atoms with Crippen LogP contribution in [0.4, 0.5) is 0 Å². The highest BCUT2D eigenvalue weighted by atomic mass is 79.9. The van der Waals surface area contributed by atoms with E-state index in [0.29, 0.717) is 5.75 Å². The van der Waals surface area contributed by atoms with Crippen molar-refractivity contribution in [1.29, 1.82) is 0 Å². The number of carbonyl (C=O) groups excluding carboxylic acids is 1. The first-order valence-corrected chi connectivity index (χ1v) is 8.47. The lowest BCUT2D eigenvalue weighted by Crippen LogP contribution is -2.03. The van der Waals surface area contributed by atoms with E-state index in [4.69, 9.17) is 0 Å². The number of rotatable bonds is 6. The quantitative estimate of drug-likeness (QED) is 0.515. The Morgan fingerprint density at radius 2 is 1.90 bits per heavy atom. The van der Waals surface area contributed by atoms with Gasteiger partial charge in [-0.2, -0.15) is 0 Å². The molecule has 0 unspecified atom stereocenters. The summed E-state index contributed by atoms with van der Waals surface area (Å²) < 4.78 is 1.06. The summed E-state index contributed by atoms with van der Waals surface area (Å²) in [5.74, 6) is 0.674. The van der Waals surface area contributed by atoms with Crippen molar-refractivity contribution in [3.05, 3.63) is 64.1 Å². The zero-order valence-corrected chi connectivity index (χ0v) is 13.8. The Morgan fingerprint density at radius 3 is 2.60 bits per heavy atom. The summed E-state index contributed by atoms with van der Waals surface area (Å²) in [6.07, 6.45) is 2.13. The molecule has 0 bridgehead atoms. The summed E-state index contributed by atoms with van der Waals surface area (Å²) in [5.41, 5.74) is 2.06. The maximum atomic E-state index is 12.2. The molecule has 0 aromatic heterocycles. The Kier molecular flexibility index (Phi) is 5.86. The largest absolute Gasteiger partial charge is 0.293 e. The molecular formula is C17H17BrOS. The standard InChI is InChI=1S/C17H17BrOS/c1-2-4-13-5-3-6-14(11-13)17(19)12-20-16-9-7-15(18)8-10-16/h3,5-11H,2,4,12H2,1H3. The third-order valence-corrected chi connectivity index (χ3v) is 4.51. The summed E-state index contributed by atoms with van der Waals surface area (Å²) in [5, 5.41) is 0. The van der Waals surface area contributed by atoms with Crippen molar-refractivity contribution in [2.45, 2.75) is 24.7 Å². The minimum atomic E-state index is 0.191. The number of Topliss-reactive ketones (excluding diaryl/α,β-unsaturated/α-hetero) is 1. The van der Waals surface area contributed by atoms with Gasteiger partial charge in [0, 0.05) is 14.9 Å². The molecule has 0 radical (unpaired) electrons. The van der Waals surface area contributed by atoms with Gasteiger partial charge in [-0.05, 0) is 42.3 Å². The van der Waals surface area contributed by atoms with Crippen LogP contribution in [0, 0.1) is 0 Å². The van der Waals surface area contributed by atoms with Gasteiger partial charge in [-0.3, -0.25) is 4.79 Å². The second kappa shape index (κ2) is 7.65. The molecular weight excluding hydrogens is 332 g/mol. The molecule has 0 aliphatic heterocycles. The Labute approximate surface area is 132 Å². The molecule has 0 fully saturated rings. The molecule has 0 aliphatic carbocycles. The Balaban J connectivity index is 1.97. The molecule has 0 saturated heterocycles.